The van der Waals surface area contributed by atoms with Crippen molar-refractivity contribution in [2.75, 3.05) is 56.2 Å². The summed E-state index contributed by atoms with van der Waals surface area (Å²) in [5.74, 6) is 0.623. The van der Waals surface area contributed by atoms with Crippen molar-refractivity contribution in [3.05, 3.63) is 48.0 Å². The van der Waals surface area contributed by atoms with Crippen molar-refractivity contribution >= 4 is 39.2 Å². The summed E-state index contributed by atoms with van der Waals surface area (Å²) in [6.07, 6.45) is 0.946. The number of carbonyl (C=O) groups excluding carboxylic acids is 1. The molecule has 1 aliphatic rings. The molecule has 2 heterocycles. The number of nitrogens with zero attached hydrogens (tertiary/aromatic N) is 3. The second-order valence-corrected chi connectivity index (χ2v) is 13.6. The molecule has 4 rings (SSSR count). The van der Waals surface area contributed by atoms with Gasteiger partial charge in [-0.25, -0.2) is 18.4 Å². The summed E-state index contributed by atoms with van der Waals surface area (Å²) in [5, 5.41) is 12.2. The number of para-hydroxylation sites is 1. The van der Waals surface area contributed by atoms with Crippen LogP contribution in [0.4, 0.5) is 11.5 Å². The molecule has 1 fully saturated rings. The van der Waals surface area contributed by atoms with Crippen molar-refractivity contribution in [1.29, 1.82) is 0 Å². The molecule has 0 radical (unpaired) electrons. The largest absolute Gasteiger partial charge is 0.470 e. The number of hydrogen-bond acceptors (Lipinski definition) is 13. The molecule has 0 amide bonds. The van der Waals surface area contributed by atoms with Crippen LogP contribution in [0.3, 0.4) is 0 Å². The summed E-state index contributed by atoms with van der Waals surface area (Å²) in [6, 6.07) is 11.4. The van der Waals surface area contributed by atoms with Crippen LogP contribution in [0.15, 0.2) is 47.4 Å². The van der Waals surface area contributed by atoms with Gasteiger partial charge >= 0.3 is 5.97 Å². The van der Waals surface area contributed by atoms with Crippen molar-refractivity contribution in [2.45, 2.75) is 57.1 Å². The molecule has 45 heavy (non-hydrogen) atoms. The van der Waals surface area contributed by atoms with Crippen LogP contribution < -0.4 is 30.1 Å². The van der Waals surface area contributed by atoms with Crippen LogP contribution in [-0.2, 0) is 19.5 Å². The van der Waals surface area contributed by atoms with E-state index in [2.05, 4.69) is 19.4 Å². The molecule has 1 saturated heterocycles. The number of nitrogens with two attached hydrogens (primary N) is 1. The van der Waals surface area contributed by atoms with Crippen LogP contribution in [-0.4, -0.2) is 80.8 Å². The fourth-order valence-corrected chi connectivity index (χ4v) is 5.58. The molecule has 1 aliphatic heterocycles. The number of morpholine rings is 1. The lowest BCUT2D eigenvalue weighted by Crippen LogP contribution is -2.44. The predicted molar refractivity (Wildman–Crippen MR) is 173 cm³/mol. The number of benzene rings is 2. The van der Waals surface area contributed by atoms with E-state index in [0.29, 0.717) is 56.0 Å². The van der Waals surface area contributed by atoms with Gasteiger partial charge in [0.1, 0.15) is 23.4 Å². The number of aromatic nitrogens is 2. The van der Waals surface area contributed by atoms with E-state index in [1.807, 2.05) is 38.7 Å². The molecule has 0 bridgehead atoms. The molecule has 1 aromatic heterocycles. The molecule has 2 aromatic carbocycles. The van der Waals surface area contributed by atoms with Crippen molar-refractivity contribution in [1.82, 2.24) is 14.1 Å². The van der Waals surface area contributed by atoms with Crippen molar-refractivity contribution < 1.29 is 32.2 Å². The van der Waals surface area contributed by atoms with Gasteiger partial charge in [-0.15, -0.1) is 4.37 Å². The fourth-order valence-electron chi connectivity index (χ4n) is 4.36. The number of rotatable bonds is 15. The third-order valence-corrected chi connectivity index (χ3v) is 8.12. The molecule has 0 unspecified atom stereocenters. The highest BCUT2D eigenvalue weighted by molar-refractivity contribution is 7.89. The highest BCUT2D eigenvalue weighted by Gasteiger charge is 2.27. The summed E-state index contributed by atoms with van der Waals surface area (Å²) >= 11 is 1.04. The Hall–Kier alpha value is -3.50. The minimum absolute atomic E-state index is 0.00249. The Morgan fingerprint density at radius 2 is 1.89 bits per heavy atom. The molecular formula is C30H42N6O7S2. The second-order valence-electron chi connectivity index (χ2n) is 11.6. The van der Waals surface area contributed by atoms with Gasteiger partial charge in [-0.1, -0.05) is 31.5 Å². The number of sulfonamides is 1. The van der Waals surface area contributed by atoms with Crippen molar-refractivity contribution in [3.63, 3.8) is 0 Å². The van der Waals surface area contributed by atoms with Gasteiger partial charge in [-0.05, 0) is 51.5 Å². The molecule has 3 aromatic rings. The number of hydrogen-bond donors (Lipinski definition) is 3. The lowest BCUT2D eigenvalue weighted by atomic mass is 10.1. The summed E-state index contributed by atoms with van der Waals surface area (Å²) < 4.78 is 57.7. The molecule has 0 saturated carbocycles. The highest BCUT2D eigenvalue weighted by atomic mass is 32.2. The molecule has 1 atom stereocenters. The minimum atomic E-state index is -4.31. The van der Waals surface area contributed by atoms with Gasteiger partial charge in [0, 0.05) is 31.7 Å². The van der Waals surface area contributed by atoms with Gasteiger partial charge in [0.05, 0.1) is 36.2 Å². The maximum atomic E-state index is 13.6. The van der Waals surface area contributed by atoms with Gasteiger partial charge in [-0.3, -0.25) is 0 Å². The Labute approximate surface area is 268 Å². The van der Waals surface area contributed by atoms with Crippen LogP contribution in [0.2, 0.25) is 0 Å². The van der Waals surface area contributed by atoms with Gasteiger partial charge < -0.3 is 34.5 Å². The first-order chi connectivity index (χ1) is 21.4. The Bertz CT molecular complexity index is 1510. The number of esters is 1. The van der Waals surface area contributed by atoms with Crippen LogP contribution in [0.5, 0.6) is 17.4 Å². The molecule has 13 nitrogen and oxygen atoms in total. The number of unbranched alkanes of at least 4 members (excludes halogenated alkanes) is 1. The normalized spacial score (nSPS) is 14.6. The molecule has 0 spiro atoms. The Morgan fingerprint density at radius 3 is 2.56 bits per heavy atom. The van der Waals surface area contributed by atoms with E-state index >= 15 is 0 Å². The average Bonchev–Trinajstić information content (AvgIpc) is 3.48. The molecule has 0 aliphatic carbocycles. The van der Waals surface area contributed by atoms with Crippen LogP contribution in [0, 0.1) is 0 Å². The Morgan fingerprint density at radius 1 is 1.16 bits per heavy atom. The summed E-state index contributed by atoms with van der Waals surface area (Å²) in [5.41, 5.74) is 0.0120. The molecular weight excluding hydrogens is 620 g/mol. The number of nitrogens with one attached hydrogen (secondary N) is 2. The maximum Gasteiger partial charge on any atom is 0.338 e. The lowest BCUT2D eigenvalue weighted by molar-refractivity contribution is 0.0156. The minimum Gasteiger partial charge on any atom is -0.470 e. The summed E-state index contributed by atoms with van der Waals surface area (Å²) in [4.78, 5) is 15.3. The fraction of sp³-hybridized carbons (Fsp3) is 0.500. The predicted octanol–water partition coefficient (Wildman–Crippen LogP) is 4.02. The van der Waals surface area contributed by atoms with Gasteiger partial charge in [0.15, 0.2) is 5.75 Å². The quantitative estimate of drug-likeness (QED) is 0.158. The van der Waals surface area contributed by atoms with Gasteiger partial charge in [0.2, 0.25) is 15.8 Å². The van der Waals surface area contributed by atoms with E-state index < -0.39 is 22.1 Å². The monoisotopic (exact) mass is 662 g/mol. The summed E-state index contributed by atoms with van der Waals surface area (Å²) in [7, 11) is -4.31. The number of ether oxygens (including phenoxy) is 4. The Kier molecular flexibility index (Phi) is 12.0. The van der Waals surface area contributed by atoms with Crippen molar-refractivity contribution in [2.24, 2.45) is 5.14 Å². The second kappa shape index (κ2) is 15.7. The van der Waals surface area contributed by atoms with E-state index in [1.54, 1.807) is 24.3 Å². The van der Waals surface area contributed by atoms with Crippen LogP contribution >= 0.6 is 11.7 Å². The summed E-state index contributed by atoms with van der Waals surface area (Å²) in [6.45, 7) is 11.3. The van der Waals surface area contributed by atoms with Crippen LogP contribution in [0.1, 0.15) is 50.9 Å². The first-order valence-corrected chi connectivity index (χ1v) is 17.1. The SMILES string of the molecule is CCCCNc1cc(C(=O)O[C@@H](CNC(C)(C)C)COc2nsnc2N2CCOCC2)cc(S(N)(=O)=O)c1Oc1ccccc1. The molecule has 246 valence electrons. The molecule has 15 heteroatoms. The highest BCUT2D eigenvalue weighted by Crippen LogP contribution is 2.37. The zero-order valence-corrected chi connectivity index (χ0v) is 27.7. The first kappa shape index (κ1) is 34.4. The smallest absolute Gasteiger partial charge is 0.338 e. The lowest BCUT2D eigenvalue weighted by Gasteiger charge is -2.28. The standard InChI is InChI=1S/C30H42N6O7S2/c1-5-6-12-32-24-17-21(18-25(45(31,38)39)26(24)42-22-10-8-7-9-11-22)29(37)43-23(19-33-30(2,3)4)20-41-28-27(34-44-35-28)36-13-15-40-16-14-36/h7-11,17-18,23,32-33H,5-6,12-16,19-20H2,1-4H3,(H2,31,38,39)/t23-/m0/s1. The number of primary sulfonamides is 1. The van der Waals surface area contributed by atoms with Crippen molar-refractivity contribution in [3.8, 4) is 17.4 Å². The zero-order chi connectivity index (χ0) is 32.5. The van der Waals surface area contributed by atoms with E-state index in [1.165, 1.54) is 12.1 Å². The number of anilines is 2. The van der Waals surface area contributed by atoms with Gasteiger partial charge in [-0.2, -0.15) is 4.37 Å². The van der Waals surface area contributed by atoms with Gasteiger partial charge in [0.25, 0.3) is 5.88 Å². The maximum absolute atomic E-state index is 13.6. The molecule has 4 N–H and O–H groups in total. The average molecular weight is 663 g/mol. The van der Waals surface area contributed by atoms with E-state index in [0.717, 1.165) is 24.6 Å². The first-order valence-electron chi connectivity index (χ1n) is 14.9. The van der Waals surface area contributed by atoms with E-state index in [9.17, 15) is 13.2 Å². The van der Waals surface area contributed by atoms with E-state index in [-0.39, 0.29) is 34.9 Å². The van der Waals surface area contributed by atoms with E-state index in [4.69, 9.17) is 24.1 Å². The Balaban J connectivity index is 1.61. The zero-order valence-electron chi connectivity index (χ0n) is 26.1. The third kappa shape index (κ3) is 10.3. The van der Waals surface area contributed by atoms with Crippen LogP contribution in [0.25, 0.3) is 0 Å². The topological polar surface area (TPSA) is 167 Å². The number of carbonyl (C=O) groups is 1. The third-order valence-electron chi connectivity index (χ3n) is 6.70.